The molecule has 2 fully saturated rings. The molecule has 1 aromatic rings. The summed E-state index contributed by atoms with van der Waals surface area (Å²) in [6.45, 7) is 1.03. The maximum atomic E-state index is 11.6. The fourth-order valence-electron chi connectivity index (χ4n) is 3.95. The minimum absolute atomic E-state index is 0.306. The molecule has 2 atom stereocenters. The van der Waals surface area contributed by atoms with Crippen molar-refractivity contribution in [3.05, 3.63) is 18.2 Å². The summed E-state index contributed by atoms with van der Waals surface area (Å²) in [6, 6.07) is 5.77. The van der Waals surface area contributed by atoms with Gasteiger partial charge in [0, 0.05) is 18.8 Å². The fourth-order valence-corrected chi connectivity index (χ4v) is 4.60. The zero-order valence-corrected chi connectivity index (χ0v) is 13.4. The molecule has 0 aromatic heterocycles. The summed E-state index contributed by atoms with van der Waals surface area (Å²) >= 11 is 0. The zero-order valence-electron chi connectivity index (χ0n) is 12.6. The third-order valence-electron chi connectivity index (χ3n) is 4.98. The maximum absolute atomic E-state index is 11.6. The Hall–Kier alpha value is -1.23. The molecule has 2 aliphatic rings. The number of nitrogens with zero attached hydrogens (tertiary/aromatic N) is 1. The highest BCUT2D eigenvalue weighted by Crippen LogP contribution is 2.39. The average molecular weight is 308 g/mol. The molecule has 4 nitrogen and oxygen atoms in total. The lowest BCUT2D eigenvalue weighted by Gasteiger charge is -2.45. The number of fused-ring (bicyclic) bond motifs is 1. The number of benzene rings is 1. The minimum Gasteiger partial charge on any atom is -0.397 e. The lowest BCUT2D eigenvalue weighted by atomic mass is 9.78. The van der Waals surface area contributed by atoms with Gasteiger partial charge in [-0.25, -0.2) is 8.42 Å². The molecular formula is C16H24N2O2S. The normalized spacial score (nSPS) is 26.4. The Kier molecular flexibility index (Phi) is 3.86. The summed E-state index contributed by atoms with van der Waals surface area (Å²) in [5.41, 5.74) is 7.76. The topological polar surface area (TPSA) is 63.4 Å². The Morgan fingerprint density at radius 3 is 2.57 bits per heavy atom. The van der Waals surface area contributed by atoms with Crippen molar-refractivity contribution >= 4 is 21.2 Å². The smallest absolute Gasteiger partial charge is 0.175 e. The average Bonchev–Trinajstić information content (AvgIpc) is 2.46. The molecule has 2 unspecified atom stereocenters. The first-order valence-corrected chi connectivity index (χ1v) is 9.72. The van der Waals surface area contributed by atoms with Crippen molar-refractivity contribution in [2.75, 3.05) is 23.4 Å². The van der Waals surface area contributed by atoms with Crippen LogP contribution in [-0.2, 0) is 9.84 Å². The van der Waals surface area contributed by atoms with E-state index < -0.39 is 9.84 Å². The molecule has 3 rings (SSSR count). The van der Waals surface area contributed by atoms with Gasteiger partial charge in [0.25, 0.3) is 0 Å². The number of hydrogen-bond donors (Lipinski definition) is 1. The molecule has 2 N–H and O–H groups in total. The number of nitrogen functional groups attached to an aromatic ring is 1. The molecule has 1 aliphatic heterocycles. The SMILES string of the molecule is CS(=O)(=O)c1ccc(N2CCCC3CCCCC32)c(N)c1. The van der Waals surface area contributed by atoms with Crippen LogP contribution in [0.5, 0.6) is 0 Å². The second-order valence-electron chi connectivity index (χ2n) is 6.44. The van der Waals surface area contributed by atoms with Gasteiger partial charge in [0.1, 0.15) is 0 Å². The highest BCUT2D eigenvalue weighted by molar-refractivity contribution is 7.90. The Morgan fingerprint density at radius 1 is 1.14 bits per heavy atom. The van der Waals surface area contributed by atoms with Gasteiger partial charge in [-0.15, -0.1) is 0 Å². The molecule has 5 heteroatoms. The molecule has 1 heterocycles. The van der Waals surface area contributed by atoms with Crippen molar-refractivity contribution in [2.24, 2.45) is 5.92 Å². The summed E-state index contributed by atoms with van der Waals surface area (Å²) in [5.74, 6) is 0.779. The lowest BCUT2D eigenvalue weighted by molar-refractivity contribution is 0.244. The minimum atomic E-state index is -3.19. The molecular weight excluding hydrogens is 284 g/mol. The van der Waals surface area contributed by atoms with Crippen molar-refractivity contribution in [3.8, 4) is 0 Å². The lowest BCUT2D eigenvalue weighted by Crippen LogP contribution is -2.47. The Balaban J connectivity index is 1.92. The van der Waals surface area contributed by atoms with Gasteiger partial charge >= 0.3 is 0 Å². The van der Waals surface area contributed by atoms with Gasteiger partial charge in [-0.2, -0.15) is 0 Å². The second kappa shape index (κ2) is 5.52. The van der Waals surface area contributed by atoms with Crippen LogP contribution in [0.25, 0.3) is 0 Å². The van der Waals surface area contributed by atoms with E-state index in [-0.39, 0.29) is 0 Å². The molecule has 21 heavy (non-hydrogen) atoms. The van der Waals surface area contributed by atoms with Crippen molar-refractivity contribution in [1.29, 1.82) is 0 Å². The molecule has 0 radical (unpaired) electrons. The van der Waals surface area contributed by atoms with E-state index in [1.807, 2.05) is 6.07 Å². The number of piperidine rings is 1. The number of anilines is 2. The molecule has 0 bridgehead atoms. The van der Waals surface area contributed by atoms with Crippen LogP contribution in [0.2, 0.25) is 0 Å². The summed E-state index contributed by atoms with van der Waals surface area (Å²) in [6.07, 6.45) is 8.94. The molecule has 0 amide bonds. The van der Waals surface area contributed by atoms with E-state index in [0.717, 1.165) is 18.2 Å². The highest BCUT2D eigenvalue weighted by Gasteiger charge is 2.34. The summed E-state index contributed by atoms with van der Waals surface area (Å²) in [7, 11) is -3.19. The Morgan fingerprint density at radius 2 is 1.86 bits per heavy atom. The number of nitrogens with two attached hydrogens (primary N) is 1. The van der Waals surface area contributed by atoms with Gasteiger partial charge in [0.15, 0.2) is 9.84 Å². The molecule has 116 valence electrons. The van der Waals surface area contributed by atoms with Crippen LogP contribution in [0, 0.1) is 5.92 Å². The van der Waals surface area contributed by atoms with Gasteiger partial charge in [-0.1, -0.05) is 12.8 Å². The van der Waals surface area contributed by atoms with Crippen LogP contribution < -0.4 is 10.6 Å². The predicted molar refractivity (Wildman–Crippen MR) is 86.3 cm³/mol. The Labute approximate surface area is 127 Å². The maximum Gasteiger partial charge on any atom is 0.175 e. The monoisotopic (exact) mass is 308 g/mol. The molecule has 1 aliphatic carbocycles. The van der Waals surface area contributed by atoms with Crippen LogP contribution in [-0.4, -0.2) is 27.3 Å². The molecule has 0 spiro atoms. The van der Waals surface area contributed by atoms with Crippen molar-refractivity contribution in [2.45, 2.75) is 49.5 Å². The first-order valence-electron chi connectivity index (χ1n) is 7.83. The highest BCUT2D eigenvalue weighted by atomic mass is 32.2. The quantitative estimate of drug-likeness (QED) is 0.853. The van der Waals surface area contributed by atoms with Gasteiger partial charge in [-0.3, -0.25) is 0 Å². The van der Waals surface area contributed by atoms with Crippen molar-refractivity contribution in [1.82, 2.24) is 0 Å². The molecule has 1 saturated heterocycles. The Bertz CT molecular complexity index is 625. The van der Waals surface area contributed by atoms with Crippen LogP contribution >= 0.6 is 0 Å². The van der Waals surface area contributed by atoms with Gasteiger partial charge in [0.2, 0.25) is 0 Å². The van der Waals surface area contributed by atoms with Gasteiger partial charge in [0.05, 0.1) is 16.3 Å². The standard InChI is InChI=1S/C16H24N2O2S/c1-21(19,20)13-8-9-16(14(17)11-13)18-10-4-6-12-5-2-3-7-15(12)18/h8-9,11-12,15H,2-7,10,17H2,1H3. The van der Waals surface area contributed by atoms with Gasteiger partial charge < -0.3 is 10.6 Å². The van der Waals surface area contributed by atoms with Crippen LogP contribution in [0.4, 0.5) is 11.4 Å². The van der Waals surface area contributed by atoms with E-state index in [1.54, 1.807) is 12.1 Å². The zero-order chi connectivity index (χ0) is 15.0. The largest absolute Gasteiger partial charge is 0.397 e. The van der Waals surface area contributed by atoms with Crippen molar-refractivity contribution in [3.63, 3.8) is 0 Å². The van der Waals surface area contributed by atoms with E-state index in [2.05, 4.69) is 4.90 Å². The number of rotatable bonds is 2. The number of hydrogen-bond acceptors (Lipinski definition) is 4. The van der Waals surface area contributed by atoms with Crippen LogP contribution in [0.1, 0.15) is 38.5 Å². The van der Waals surface area contributed by atoms with Crippen LogP contribution in [0.3, 0.4) is 0 Å². The molecule has 1 saturated carbocycles. The van der Waals surface area contributed by atoms with Crippen LogP contribution in [0.15, 0.2) is 23.1 Å². The summed E-state index contributed by atoms with van der Waals surface area (Å²) < 4.78 is 23.3. The van der Waals surface area contributed by atoms with E-state index in [9.17, 15) is 8.42 Å². The first kappa shape index (κ1) is 14.7. The summed E-state index contributed by atoms with van der Waals surface area (Å²) in [4.78, 5) is 2.73. The predicted octanol–water partition coefficient (Wildman–Crippen LogP) is 2.83. The third kappa shape index (κ3) is 2.89. The number of sulfone groups is 1. The molecule has 1 aromatic carbocycles. The van der Waals surface area contributed by atoms with Crippen molar-refractivity contribution < 1.29 is 8.42 Å². The van der Waals surface area contributed by atoms with E-state index in [1.165, 1.54) is 44.8 Å². The van der Waals surface area contributed by atoms with E-state index in [0.29, 0.717) is 16.6 Å². The van der Waals surface area contributed by atoms with Gasteiger partial charge in [-0.05, 0) is 49.8 Å². The second-order valence-corrected chi connectivity index (χ2v) is 8.46. The van der Waals surface area contributed by atoms with E-state index >= 15 is 0 Å². The summed E-state index contributed by atoms with van der Waals surface area (Å²) in [5, 5.41) is 0. The fraction of sp³-hybridized carbons (Fsp3) is 0.625. The third-order valence-corrected chi connectivity index (χ3v) is 6.09. The van der Waals surface area contributed by atoms with E-state index in [4.69, 9.17) is 5.73 Å². The first-order chi connectivity index (χ1) is 9.97.